The lowest BCUT2D eigenvalue weighted by atomic mass is 9.86. The maximum atomic E-state index is 13.6. The van der Waals surface area contributed by atoms with Crippen molar-refractivity contribution < 1.29 is 13.9 Å². The van der Waals surface area contributed by atoms with E-state index in [2.05, 4.69) is 32.9 Å². The van der Waals surface area contributed by atoms with Gasteiger partial charge in [-0.25, -0.2) is 0 Å². The molecule has 0 spiro atoms. The Kier molecular flexibility index (Phi) is 5.72. The smallest absolute Gasteiger partial charge is 0.290 e. The zero-order valence-electron chi connectivity index (χ0n) is 20.5. The molecule has 1 unspecified atom stereocenters. The summed E-state index contributed by atoms with van der Waals surface area (Å²) in [5.74, 6) is 0.686. The van der Waals surface area contributed by atoms with E-state index in [9.17, 15) is 9.59 Å². The lowest BCUT2D eigenvalue weighted by molar-refractivity contribution is 0.0730. The zero-order valence-corrected chi connectivity index (χ0v) is 20.5. The average Bonchev–Trinajstić information content (AvgIpc) is 3.14. The number of hydrogen-bond acceptors (Lipinski definition) is 4. The molecule has 0 N–H and O–H groups in total. The molecule has 0 bridgehead atoms. The number of hydrogen-bond donors (Lipinski definition) is 0. The van der Waals surface area contributed by atoms with E-state index in [0.29, 0.717) is 29.5 Å². The summed E-state index contributed by atoms with van der Waals surface area (Å²) in [5.41, 5.74) is 3.90. The molecule has 1 aliphatic rings. The molecular weight excluding hydrogens is 438 g/mol. The number of rotatable bonds is 5. The van der Waals surface area contributed by atoms with Crippen molar-refractivity contribution in [2.75, 3.05) is 13.7 Å². The fraction of sp³-hybridized carbons (Fsp3) is 0.267. The first kappa shape index (κ1) is 22.9. The number of ether oxygens (including phenoxy) is 1. The van der Waals surface area contributed by atoms with Crippen LogP contribution < -0.4 is 10.2 Å². The molecule has 5 heteroatoms. The molecule has 1 aliphatic heterocycles. The fourth-order valence-corrected chi connectivity index (χ4v) is 4.75. The minimum atomic E-state index is -0.495. The number of para-hydroxylation sites is 1. The molecular formula is C30H29NO4. The molecule has 1 amide bonds. The molecule has 2 heterocycles. The summed E-state index contributed by atoms with van der Waals surface area (Å²) in [5, 5.41) is 0.493. The summed E-state index contributed by atoms with van der Waals surface area (Å²) in [4.78, 5) is 29.0. The van der Waals surface area contributed by atoms with E-state index in [4.69, 9.17) is 9.15 Å². The van der Waals surface area contributed by atoms with Crippen LogP contribution >= 0.6 is 0 Å². The Morgan fingerprint density at radius 3 is 2.26 bits per heavy atom. The van der Waals surface area contributed by atoms with Gasteiger partial charge in [-0.15, -0.1) is 0 Å². The van der Waals surface area contributed by atoms with Gasteiger partial charge in [0.1, 0.15) is 11.3 Å². The summed E-state index contributed by atoms with van der Waals surface area (Å²) in [6, 6.07) is 22.7. The van der Waals surface area contributed by atoms with Gasteiger partial charge in [-0.05, 0) is 52.8 Å². The van der Waals surface area contributed by atoms with Crippen LogP contribution in [0, 0.1) is 0 Å². The minimum absolute atomic E-state index is 0.00517. The largest absolute Gasteiger partial charge is 0.497 e. The molecule has 0 saturated carbocycles. The Balaban J connectivity index is 1.58. The molecule has 0 fully saturated rings. The van der Waals surface area contributed by atoms with Crippen LogP contribution in [0.5, 0.6) is 5.75 Å². The van der Waals surface area contributed by atoms with Gasteiger partial charge < -0.3 is 14.1 Å². The first-order valence-electron chi connectivity index (χ1n) is 11.9. The highest BCUT2D eigenvalue weighted by molar-refractivity contribution is 5.99. The van der Waals surface area contributed by atoms with Gasteiger partial charge in [0.15, 0.2) is 5.43 Å². The Hall–Kier alpha value is -3.86. The quantitative estimate of drug-likeness (QED) is 0.367. The lowest BCUT2D eigenvalue weighted by Crippen LogP contribution is -2.31. The number of nitrogens with zero attached hydrogens (tertiary/aromatic N) is 1. The standard InChI is InChI=1S/C30H29NO4/c1-30(2,3)21-13-11-20(12-14-21)26-25-27(32)23-7-5-6-8-24(23)35-28(25)29(33)31(26)18-17-19-9-15-22(34-4)16-10-19/h5-16,26H,17-18H2,1-4H3. The zero-order chi connectivity index (χ0) is 24.7. The van der Waals surface area contributed by atoms with Gasteiger partial charge in [-0.2, -0.15) is 0 Å². The van der Waals surface area contributed by atoms with E-state index >= 15 is 0 Å². The molecule has 1 atom stereocenters. The monoisotopic (exact) mass is 467 g/mol. The highest BCUT2D eigenvalue weighted by atomic mass is 16.5. The third-order valence-electron chi connectivity index (χ3n) is 6.77. The van der Waals surface area contributed by atoms with E-state index < -0.39 is 6.04 Å². The molecule has 178 valence electrons. The Morgan fingerprint density at radius 1 is 0.914 bits per heavy atom. The highest BCUT2D eigenvalue weighted by Gasteiger charge is 2.42. The number of benzene rings is 3. The fourth-order valence-electron chi connectivity index (χ4n) is 4.75. The van der Waals surface area contributed by atoms with Crippen molar-refractivity contribution >= 4 is 16.9 Å². The molecule has 0 saturated heterocycles. The number of methoxy groups -OCH3 is 1. The normalized spacial score (nSPS) is 15.5. The van der Waals surface area contributed by atoms with E-state index in [1.807, 2.05) is 42.5 Å². The number of amides is 1. The first-order chi connectivity index (χ1) is 16.8. The lowest BCUT2D eigenvalue weighted by Gasteiger charge is -2.26. The predicted molar refractivity (Wildman–Crippen MR) is 137 cm³/mol. The van der Waals surface area contributed by atoms with E-state index in [-0.39, 0.29) is 22.5 Å². The van der Waals surface area contributed by atoms with Gasteiger partial charge in [-0.3, -0.25) is 9.59 Å². The predicted octanol–water partition coefficient (Wildman–Crippen LogP) is 5.89. The van der Waals surface area contributed by atoms with Gasteiger partial charge in [0.05, 0.1) is 24.1 Å². The third-order valence-corrected chi connectivity index (χ3v) is 6.77. The maximum Gasteiger partial charge on any atom is 0.290 e. The number of carbonyl (C=O) groups is 1. The van der Waals surface area contributed by atoms with Crippen molar-refractivity contribution in [2.24, 2.45) is 0 Å². The minimum Gasteiger partial charge on any atom is -0.497 e. The summed E-state index contributed by atoms with van der Waals surface area (Å²) in [6.07, 6.45) is 0.647. The van der Waals surface area contributed by atoms with E-state index in [1.165, 1.54) is 5.56 Å². The maximum absolute atomic E-state index is 13.6. The van der Waals surface area contributed by atoms with Gasteiger partial charge in [0, 0.05) is 6.54 Å². The third kappa shape index (κ3) is 4.12. The average molecular weight is 468 g/mol. The topological polar surface area (TPSA) is 59.8 Å². The molecule has 0 radical (unpaired) electrons. The van der Waals surface area contributed by atoms with Crippen molar-refractivity contribution in [1.29, 1.82) is 0 Å². The van der Waals surface area contributed by atoms with Gasteiger partial charge >= 0.3 is 0 Å². The second-order valence-corrected chi connectivity index (χ2v) is 10.0. The van der Waals surface area contributed by atoms with Crippen molar-refractivity contribution in [2.45, 2.75) is 38.6 Å². The van der Waals surface area contributed by atoms with Crippen molar-refractivity contribution in [3.8, 4) is 5.75 Å². The molecule has 0 aliphatic carbocycles. The number of carbonyl (C=O) groups excluding carboxylic acids is 1. The van der Waals surface area contributed by atoms with E-state index in [0.717, 1.165) is 16.9 Å². The van der Waals surface area contributed by atoms with Crippen LogP contribution in [0.25, 0.3) is 11.0 Å². The van der Waals surface area contributed by atoms with Crippen LogP contribution in [0.3, 0.4) is 0 Å². The van der Waals surface area contributed by atoms with Crippen LogP contribution in [0.2, 0.25) is 0 Å². The van der Waals surface area contributed by atoms with Crippen LogP contribution in [0.1, 0.15) is 59.6 Å². The molecule has 35 heavy (non-hydrogen) atoms. The van der Waals surface area contributed by atoms with Gasteiger partial charge in [0.25, 0.3) is 5.91 Å². The van der Waals surface area contributed by atoms with Crippen LogP contribution in [0.15, 0.2) is 82.0 Å². The molecule has 3 aromatic carbocycles. The molecule has 5 nitrogen and oxygen atoms in total. The summed E-state index contributed by atoms with van der Waals surface area (Å²) >= 11 is 0. The first-order valence-corrected chi connectivity index (χ1v) is 11.9. The van der Waals surface area contributed by atoms with Crippen molar-refractivity contribution in [3.63, 3.8) is 0 Å². The van der Waals surface area contributed by atoms with E-state index in [1.54, 1.807) is 30.2 Å². The molecule has 1 aromatic heterocycles. The van der Waals surface area contributed by atoms with Crippen LogP contribution in [-0.4, -0.2) is 24.5 Å². The second kappa shape index (κ2) is 8.73. The molecule has 4 aromatic rings. The van der Waals surface area contributed by atoms with Gasteiger partial charge in [0.2, 0.25) is 5.76 Å². The second-order valence-electron chi connectivity index (χ2n) is 10.0. The highest BCUT2D eigenvalue weighted by Crippen LogP contribution is 2.39. The molecule has 5 rings (SSSR count). The van der Waals surface area contributed by atoms with Crippen LogP contribution in [-0.2, 0) is 11.8 Å². The summed E-state index contributed by atoms with van der Waals surface area (Å²) in [6.45, 7) is 6.95. The summed E-state index contributed by atoms with van der Waals surface area (Å²) in [7, 11) is 1.64. The summed E-state index contributed by atoms with van der Waals surface area (Å²) < 4.78 is 11.3. The van der Waals surface area contributed by atoms with Crippen LogP contribution in [0.4, 0.5) is 0 Å². The van der Waals surface area contributed by atoms with Crippen molar-refractivity contribution in [3.05, 3.63) is 111 Å². The number of fused-ring (bicyclic) bond motifs is 2. The SMILES string of the molecule is COc1ccc(CCN2C(=O)c3oc4ccccc4c(=O)c3C2c2ccc(C(C)(C)C)cc2)cc1. The Bertz CT molecular complexity index is 1440. The van der Waals surface area contributed by atoms with Crippen molar-refractivity contribution in [1.82, 2.24) is 4.90 Å². The van der Waals surface area contributed by atoms with Gasteiger partial charge in [-0.1, -0.05) is 69.3 Å². The Morgan fingerprint density at radius 2 is 1.60 bits per heavy atom. The Labute approximate surface area is 205 Å².